The smallest absolute Gasteiger partial charge is 0.274 e. The summed E-state index contributed by atoms with van der Waals surface area (Å²) in [5.41, 5.74) is 0.347. The Morgan fingerprint density at radius 2 is 1.93 bits per heavy atom. The molecule has 0 spiro atoms. The van der Waals surface area contributed by atoms with E-state index in [1.807, 2.05) is 0 Å². The minimum absolute atomic E-state index is 0.00143. The number of nitrogens with one attached hydrogen (secondary N) is 1. The molecule has 8 heteroatoms. The fraction of sp³-hybridized carbons (Fsp3) is 0.316. The topological polar surface area (TPSA) is 111 Å². The van der Waals surface area contributed by atoms with Crippen molar-refractivity contribution < 1.29 is 4.92 Å². The van der Waals surface area contributed by atoms with Crippen LogP contribution in [0.15, 0.2) is 46.1 Å². The molecule has 2 heterocycles. The normalized spacial score (nSPS) is 15.1. The van der Waals surface area contributed by atoms with Gasteiger partial charge in [-0.05, 0) is 30.0 Å². The number of nitro groups is 1. The van der Waals surface area contributed by atoms with E-state index in [9.17, 15) is 19.7 Å². The summed E-state index contributed by atoms with van der Waals surface area (Å²) >= 11 is 0. The quantitative estimate of drug-likeness (QED) is 0.565. The number of rotatable bonds is 3. The summed E-state index contributed by atoms with van der Waals surface area (Å²) in [6.45, 7) is 0. The number of nitro benzene ring substituents is 1. The van der Waals surface area contributed by atoms with Crippen molar-refractivity contribution in [1.82, 2.24) is 14.5 Å². The Hall–Kier alpha value is -3.29. The van der Waals surface area contributed by atoms with Crippen molar-refractivity contribution in [2.45, 2.75) is 38.1 Å². The van der Waals surface area contributed by atoms with Gasteiger partial charge in [-0.25, -0.2) is 9.78 Å². The van der Waals surface area contributed by atoms with Crippen LogP contribution in [0.2, 0.25) is 0 Å². The third-order valence-electron chi connectivity index (χ3n) is 5.13. The number of hydrogen-bond acceptors (Lipinski definition) is 5. The van der Waals surface area contributed by atoms with E-state index in [0.29, 0.717) is 16.8 Å². The number of aromatic nitrogens is 3. The molecule has 2 aromatic heterocycles. The van der Waals surface area contributed by atoms with E-state index in [1.54, 1.807) is 22.8 Å². The summed E-state index contributed by atoms with van der Waals surface area (Å²) < 4.78 is 1.58. The monoisotopic (exact) mass is 366 g/mol. The molecule has 0 unspecified atom stereocenters. The first kappa shape index (κ1) is 17.1. The highest BCUT2D eigenvalue weighted by Crippen LogP contribution is 2.31. The summed E-state index contributed by atoms with van der Waals surface area (Å²) in [4.78, 5) is 42.5. The first-order valence-corrected chi connectivity index (χ1v) is 8.94. The lowest BCUT2D eigenvalue weighted by atomic mass is 9.95. The Morgan fingerprint density at radius 3 is 2.67 bits per heavy atom. The van der Waals surface area contributed by atoms with Crippen molar-refractivity contribution in [3.63, 3.8) is 0 Å². The SMILES string of the molecule is O=c1[nH]c(=O)n(C2CCCCC2)c2nccc(-c3cccc([N+](=O)[O-])c3)c12. The van der Waals surface area contributed by atoms with Crippen LogP contribution in [0.1, 0.15) is 38.1 Å². The van der Waals surface area contributed by atoms with Gasteiger partial charge in [0.15, 0.2) is 0 Å². The Balaban J connectivity index is 1.99. The number of nitrogens with zero attached hydrogens (tertiary/aromatic N) is 3. The number of benzene rings is 1. The Labute approximate surface area is 153 Å². The van der Waals surface area contributed by atoms with Crippen LogP contribution < -0.4 is 11.2 Å². The highest BCUT2D eigenvalue weighted by Gasteiger charge is 2.22. The van der Waals surface area contributed by atoms with Crippen molar-refractivity contribution in [1.29, 1.82) is 0 Å². The minimum Gasteiger partial charge on any atom is -0.274 e. The van der Waals surface area contributed by atoms with Crippen LogP contribution in [-0.2, 0) is 0 Å². The maximum Gasteiger partial charge on any atom is 0.330 e. The summed E-state index contributed by atoms with van der Waals surface area (Å²) in [5, 5.41) is 11.4. The van der Waals surface area contributed by atoms with Gasteiger partial charge < -0.3 is 0 Å². The number of hydrogen-bond donors (Lipinski definition) is 1. The first-order chi connectivity index (χ1) is 13.1. The lowest BCUT2D eigenvalue weighted by Gasteiger charge is -2.24. The largest absolute Gasteiger partial charge is 0.330 e. The number of non-ortho nitro benzene ring substituents is 1. The van der Waals surface area contributed by atoms with E-state index < -0.39 is 16.2 Å². The van der Waals surface area contributed by atoms with Gasteiger partial charge in [0.05, 0.1) is 10.3 Å². The van der Waals surface area contributed by atoms with Crippen molar-refractivity contribution in [3.05, 3.63) is 67.5 Å². The Kier molecular flexibility index (Phi) is 4.31. The van der Waals surface area contributed by atoms with Crippen LogP contribution in [0.4, 0.5) is 5.69 Å². The molecule has 1 aromatic carbocycles. The zero-order valence-corrected chi connectivity index (χ0v) is 14.6. The molecule has 0 atom stereocenters. The van der Waals surface area contributed by atoms with E-state index >= 15 is 0 Å². The highest BCUT2D eigenvalue weighted by atomic mass is 16.6. The van der Waals surface area contributed by atoms with Crippen molar-refractivity contribution >= 4 is 16.7 Å². The first-order valence-electron chi connectivity index (χ1n) is 8.94. The maximum atomic E-state index is 12.6. The average Bonchev–Trinajstić information content (AvgIpc) is 2.68. The number of aromatic amines is 1. The second kappa shape index (κ2) is 6.79. The average molecular weight is 366 g/mol. The van der Waals surface area contributed by atoms with Gasteiger partial charge in [0.2, 0.25) is 0 Å². The molecule has 1 aliphatic rings. The molecule has 1 N–H and O–H groups in total. The third kappa shape index (κ3) is 3.03. The standard InChI is InChI=1S/C19H18N4O4/c24-18-16-15(12-5-4-8-14(11-12)23(26)27)9-10-20-17(16)22(19(25)21-18)13-6-2-1-3-7-13/h4-5,8-11,13H,1-3,6-7H2,(H,21,24,25). The predicted molar refractivity (Wildman–Crippen MR) is 101 cm³/mol. The predicted octanol–water partition coefficient (Wildman–Crippen LogP) is 3.17. The molecule has 3 aromatic rings. The van der Waals surface area contributed by atoms with Crippen LogP contribution >= 0.6 is 0 Å². The number of pyridine rings is 1. The van der Waals surface area contributed by atoms with Crippen LogP contribution in [-0.4, -0.2) is 19.5 Å². The van der Waals surface area contributed by atoms with E-state index in [1.165, 1.54) is 18.3 Å². The summed E-state index contributed by atoms with van der Waals surface area (Å²) in [5.74, 6) is 0. The second-order valence-electron chi connectivity index (χ2n) is 6.79. The molecule has 0 radical (unpaired) electrons. The van der Waals surface area contributed by atoms with E-state index in [0.717, 1.165) is 32.1 Å². The molecule has 0 amide bonds. The fourth-order valence-electron chi connectivity index (χ4n) is 3.88. The van der Waals surface area contributed by atoms with Crippen LogP contribution in [0, 0.1) is 10.1 Å². The molecule has 27 heavy (non-hydrogen) atoms. The Bertz CT molecular complexity index is 1140. The molecule has 0 bridgehead atoms. The molecule has 138 valence electrons. The fourth-order valence-corrected chi connectivity index (χ4v) is 3.88. The molecule has 4 rings (SSSR count). The minimum atomic E-state index is -0.531. The summed E-state index contributed by atoms with van der Waals surface area (Å²) in [6, 6.07) is 7.74. The molecule has 1 aliphatic carbocycles. The third-order valence-corrected chi connectivity index (χ3v) is 5.13. The number of fused-ring (bicyclic) bond motifs is 1. The number of H-pyrrole nitrogens is 1. The summed E-state index contributed by atoms with van der Waals surface area (Å²) in [7, 11) is 0. The molecule has 0 saturated heterocycles. The zero-order valence-electron chi connectivity index (χ0n) is 14.6. The van der Waals surface area contributed by atoms with Gasteiger partial charge in [-0.1, -0.05) is 31.4 Å². The van der Waals surface area contributed by atoms with Crippen molar-refractivity contribution in [2.75, 3.05) is 0 Å². The van der Waals surface area contributed by atoms with E-state index in [-0.39, 0.29) is 17.1 Å². The zero-order chi connectivity index (χ0) is 19.0. The molecule has 1 saturated carbocycles. The molecule has 1 fully saturated rings. The van der Waals surface area contributed by atoms with Gasteiger partial charge in [0.25, 0.3) is 11.2 Å². The highest BCUT2D eigenvalue weighted by molar-refractivity contribution is 5.92. The molecular formula is C19H18N4O4. The molecule has 0 aliphatic heterocycles. The van der Waals surface area contributed by atoms with Gasteiger partial charge in [0.1, 0.15) is 5.65 Å². The second-order valence-corrected chi connectivity index (χ2v) is 6.79. The van der Waals surface area contributed by atoms with Gasteiger partial charge in [-0.15, -0.1) is 0 Å². The van der Waals surface area contributed by atoms with Gasteiger partial charge in [-0.2, -0.15) is 0 Å². The van der Waals surface area contributed by atoms with Gasteiger partial charge in [-0.3, -0.25) is 24.5 Å². The van der Waals surface area contributed by atoms with E-state index in [4.69, 9.17) is 0 Å². The maximum absolute atomic E-state index is 12.6. The molecule has 8 nitrogen and oxygen atoms in total. The lowest BCUT2D eigenvalue weighted by Crippen LogP contribution is -2.34. The van der Waals surface area contributed by atoms with Crippen molar-refractivity contribution in [2.24, 2.45) is 0 Å². The summed E-state index contributed by atoms with van der Waals surface area (Å²) in [6.07, 6.45) is 6.46. The van der Waals surface area contributed by atoms with Crippen LogP contribution in [0.25, 0.3) is 22.2 Å². The lowest BCUT2D eigenvalue weighted by molar-refractivity contribution is -0.384. The van der Waals surface area contributed by atoms with E-state index in [2.05, 4.69) is 9.97 Å². The Morgan fingerprint density at radius 1 is 1.15 bits per heavy atom. The van der Waals surface area contributed by atoms with Crippen molar-refractivity contribution in [3.8, 4) is 11.1 Å². The molecular weight excluding hydrogens is 348 g/mol. The van der Waals surface area contributed by atoms with Gasteiger partial charge >= 0.3 is 5.69 Å². The van der Waals surface area contributed by atoms with Crippen LogP contribution in [0.5, 0.6) is 0 Å². The van der Waals surface area contributed by atoms with Gasteiger partial charge in [0, 0.05) is 24.4 Å². The van der Waals surface area contributed by atoms with Crippen LogP contribution in [0.3, 0.4) is 0 Å².